The van der Waals surface area contributed by atoms with Crippen LogP contribution in [-0.2, 0) is 11.2 Å². The van der Waals surface area contributed by atoms with Crippen LogP contribution in [0.4, 0.5) is 5.13 Å². The molecular weight excluding hydrogens is 308 g/mol. The van der Waals surface area contributed by atoms with Gasteiger partial charge in [0.05, 0.1) is 6.54 Å². The number of anilines is 1. The molecule has 0 bridgehead atoms. The molecule has 6 heteroatoms. The van der Waals surface area contributed by atoms with Crippen molar-refractivity contribution in [3.05, 3.63) is 41.7 Å². The molecule has 0 aliphatic carbocycles. The molecule has 0 spiro atoms. The van der Waals surface area contributed by atoms with Gasteiger partial charge in [0.15, 0.2) is 0 Å². The lowest BCUT2D eigenvalue weighted by Gasteiger charge is -2.20. The molecule has 1 aromatic heterocycles. The first-order valence-corrected chi connectivity index (χ1v) is 8.60. The van der Waals surface area contributed by atoms with Crippen molar-refractivity contribution in [2.24, 2.45) is 5.92 Å². The highest BCUT2D eigenvalue weighted by Gasteiger charge is 2.15. The first-order chi connectivity index (χ1) is 11.0. The molecule has 0 fully saturated rings. The van der Waals surface area contributed by atoms with Crippen molar-refractivity contribution in [3.8, 4) is 0 Å². The lowest BCUT2D eigenvalue weighted by Crippen LogP contribution is -2.41. The quantitative estimate of drug-likeness (QED) is 0.847. The Labute approximate surface area is 141 Å². The van der Waals surface area contributed by atoms with Gasteiger partial charge >= 0.3 is 0 Å². The van der Waals surface area contributed by atoms with Gasteiger partial charge in [-0.25, -0.2) is 4.98 Å². The Bertz CT molecular complexity index is 627. The van der Waals surface area contributed by atoms with Gasteiger partial charge in [-0.15, -0.1) is 0 Å². The van der Waals surface area contributed by atoms with Crippen LogP contribution in [0.3, 0.4) is 0 Å². The number of amides is 1. The first kappa shape index (κ1) is 17.4. The van der Waals surface area contributed by atoms with Crippen LogP contribution < -0.4 is 10.2 Å². The molecule has 1 amide bonds. The van der Waals surface area contributed by atoms with Crippen molar-refractivity contribution in [1.82, 2.24) is 14.7 Å². The average molecular weight is 332 g/mol. The highest BCUT2D eigenvalue weighted by atomic mass is 32.1. The van der Waals surface area contributed by atoms with Gasteiger partial charge in [-0.3, -0.25) is 4.79 Å². The molecule has 0 aliphatic rings. The Morgan fingerprint density at radius 3 is 2.61 bits per heavy atom. The summed E-state index contributed by atoms with van der Waals surface area (Å²) in [4.78, 5) is 18.4. The fraction of sp³-hybridized carbons (Fsp3) is 0.471. The van der Waals surface area contributed by atoms with Crippen molar-refractivity contribution < 1.29 is 4.79 Å². The molecule has 124 valence electrons. The maximum absolute atomic E-state index is 12.0. The Morgan fingerprint density at radius 2 is 1.96 bits per heavy atom. The number of likely N-dealkylation sites (N-methyl/N-ethyl adjacent to an activating group) is 1. The highest BCUT2D eigenvalue weighted by Crippen LogP contribution is 2.17. The third-order valence-corrected chi connectivity index (χ3v) is 4.63. The first-order valence-electron chi connectivity index (χ1n) is 7.82. The van der Waals surface area contributed by atoms with E-state index in [2.05, 4.69) is 40.7 Å². The van der Waals surface area contributed by atoms with Crippen LogP contribution in [-0.4, -0.2) is 34.9 Å². The summed E-state index contributed by atoms with van der Waals surface area (Å²) in [6.07, 6.45) is 0.710. The summed E-state index contributed by atoms with van der Waals surface area (Å²) in [6, 6.07) is 10.3. The second-order valence-corrected chi connectivity index (χ2v) is 6.84. The van der Waals surface area contributed by atoms with Crippen molar-refractivity contribution in [3.63, 3.8) is 0 Å². The monoisotopic (exact) mass is 332 g/mol. The molecule has 1 aromatic carbocycles. The summed E-state index contributed by atoms with van der Waals surface area (Å²) in [7, 11) is 1.87. The van der Waals surface area contributed by atoms with Crippen molar-refractivity contribution >= 4 is 22.6 Å². The van der Waals surface area contributed by atoms with Gasteiger partial charge in [0.1, 0.15) is 5.82 Å². The number of benzene rings is 1. The summed E-state index contributed by atoms with van der Waals surface area (Å²) in [5.41, 5.74) is 1.18. The zero-order chi connectivity index (χ0) is 16.8. The van der Waals surface area contributed by atoms with E-state index < -0.39 is 0 Å². The normalized spacial score (nSPS) is 12.2. The van der Waals surface area contributed by atoms with Crippen LogP contribution >= 0.6 is 11.5 Å². The summed E-state index contributed by atoms with van der Waals surface area (Å²) < 4.78 is 4.39. The van der Waals surface area contributed by atoms with E-state index in [4.69, 9.17) is 0 Å². The minimum absolute atomic E-state index is 0.00788. The van der Waals surface area contributed by atoms with E-state index in [1.807, 2.05) is 37.1 Å². The Morgan fingerprint density at radius 1 is 1.26 bits per heavy atom. The van der Waals surface area contributed by atoms with E-state index >= 15 is 0 Å². The number of nitrogens with zero attached hydrogens (tertiary/aromatic N) is 3. The Balaban J connectivity index is 1.90. The van der Waals surface area contributed by atoms with E-state index in [-0.39, 0.29) is 18.5 Å². The zero-order valence-electron chi connectivity index (χ0n) is 14.1. The summed E-state index contributed by atoms with van der Waals surface area (Å²) in [6.45, 7) is 6.49. The minimum atomic E-state index is 0.00788. The minimum Gasteiger partial charge on any atom is -0.352 e. The molecule has 2 rings (SSSR count). The average Bonchev–Trinajstić information content (AvgIpc) is 2.96. The Hall–Kier alpha value is -1.95. The molecule has 0 saturated heterocycles. The van der Waals surface area contributed by atoms with Crippen LogP contribution in [0.1, 0.15) is 32.2 Å². The van der Waals surface area contributed by atoms with E-state index in [0.717, 1.165) is 11.0 Å². The molecule has 1 atom stereocenters. The van der Waals surface area contributed by atoms with Crippen molar-refractivity contribution in [2.75, 3.05) is 18.5 Å². The third-order valence-electron chi connectivity index (χ3n) is 3.76. The number of rotatable bonds is 7. The number of hydrogen-bond acceptors (Lipinski definition) is 5. The predicted molar refractivity (Wildman–Crippen MR) is 94.9 cm³/mol. The van der Waals surface area contributed by atoms with Crippen molar-refractivity contribution in [1.29, 1.82) is 0 Å². The van der Waals surface area contributed by atoms with Gasteiger partial charge in [0.2, 0.25) is 11.0 Å². The second-order valence-electron chi connectivity index (χ2n) is 6.11. The van der Waals surface area contributed by atoms with Crippen LogP contribution in [0.25, 0.3) is 0 Å². The van der Waals surface area contributed by atoms with E-state index in [1.165, 1.54) is 17.1 Å². The SMILES string of the molecule is CC(C)C(C)NC(=O)CN(C)c1nc(Cc2ccccc2)ns1. The highest BCUT2D eigenvalue weighted by molar-refractivity contribution is 7.09. The number of nitrogens with one attached hydrogen (secondary N) is 1. The fourth-order valence-corrected chi connectivity index (χ4v) is 2.64. The van der Waals surface area contributed by atoms with Gasteiger partial charge in [0.25, 0.3) is 0 Å². The topological polar surface area (TPSA) is 58.1 Å². The van der Waals surface area contributed by atoms with Crippen molar-refractivity contribution in [2.45, 2.75) is 33.2 Å². The van der Waals surface area contributed by atoms with Gasteiger partial charge in [0, 0.05) is 31.0 Å². The van der Waals surface area contributed by atoms with Crippen LogP contribution in [0, 0.1) is 5.92 Å². The largest absolute Gasteiger partial charge is 0.352 e. The Kier molecular flexibility index (Phi) is 6.10. The maximum Gasteiger partial charge on any atom is 0.239 e. The van der Waals surface area contributed by atoms with Crippen LogP contribution in [0.2, 0.25) is 0 Å². The standard InChI is InChI=1S/C17H24N4OS/c1-12(2)13(3)18-16(22)11-21(4)17-19-15(20-23-17)10-14-8-6-5-7-9-14/h5-9,12-13H,10-11H2,1-4H3,(H,18,22). The molecule has 2 aromatic rings. The predicted octanol–water partition coefficient (Wildman–Crippen LogP) is 2.73. The van der Waals surface area contributed by atoms with E-state index in [1.54, 1.807) is 0 Å². The number of carbonyl (C=O) groups is 1. The molecule has 0 saturated carbocycles. The van der Waals surface area contributed by atoms with Gasteiger partial charge in [-0.05, 0) is 18.4 Å². The van der Waals surface area contributed by atoms with Crippen LogP contribution in [0.15, 0.2) is 30.3 Å². The smallest absolute Gasteiger partial charge is 0.239 e. The van der Waals surface area contributed by atoms with Gasteiger partial charge in [-0.1, -0.05) is 44.2 Å². The summed E-state index contributed by atoms with van der Waals surface area (Å²) in [5.74, 6) is 1.22. The van der Waals surface area contributed by atoms with E-state index in [9.17, 15) is 4.79 Å². The number of aromatic nitrogens is 2. The number of carbonyl (C=O) groups excluding carboxylic acids is 1. The molecule has 0 radical (unpaired) electrons. The van der Waals surface area contributed by atoms with Crippen LogP contribution in [0.5, 0.6) is 0 Å². The molecule has 23 heavy (non-hydrogen) atoms. The van der Waals surface area contributed by atoms with Gasteiger partial charge < -0.3 is 10.2 Å². The molecule has 1 heterocycles. The molecular formula is C17H24N4OS. The molecule has 0 aliphatic heterocycles. The fourth-order valence-electron chi connectivity index (χ4n) is 2.00. The second kappa shape index (κ2) is 8.06. The summed E-state index contributed by atoms with van der Waals surface area (Å²) in [5, 5.41) is 3.77. The molecule has 1 unspecified atom stereocenters. The maximum atomic E-state index is 12.0. The number of hydrogen-bond donors (Lipinski definition) is 1. The van der Waals surface area contributed by atoms with Gasteiger partial charge in [-0.2, -0.15) is 4.37 Å². The lowest BCUT2D eigenvalue weighted by atomic mass is 10.1. The zero-order valence-corrected chi connectivity index (χ0v) is 14.9. The molecule has 1 N–H and O–H groups in total. The lowest BCUT2D eigenvalue weighted by molar-refractivity contribution is -0.120. The molecule has 5 nitrogen and oxygen atoms in total. The van der Waals surface area contributed by atoms with E-state index in [0.29, 0.717) is 12.3 Å². The summed E-state index contributed by atoms with van der Waals surface area (Å²) >= 11 is 1.33. The third kappa shape index (κ3) is 5.32.